The lowest BCUT2D eigenvalue weighted by Crippen LogP contribution is -2.29. The Morgan fingerprint density at radius 3 is 2.32 bits per heavy atom. The minimum Gasteiger partial charge on any atom is -0.399 e. The van der Waals surface area contributed by atoms with Gasteiger partial charge in [-0.25, -0.2) is 4.39 Å². The third-order valence-corrected chi connectivity index (χ3v) is 4.29. The molecule has 31 heavy (non-hydrogen) atoms. The summed E-state index contributed by atoms with van der Waals surface area (Å²) in [4.78, 5) is 27.4. The number of hydrogen-bond donors (Lipinski definition) is 1. The monoisotopic (exact) mass is 428 g/mol. The first-order valence-electron chi connectivity index (χ1n) is 9.39. The van der Waals surface area contributed by atoms with Crippen molar-refractivity contribution in [3.8, 4) is 0 Å². The number of nitrogens with zero attached hydrogens (tertiary/aromatic N) is 3. The largest absolute Gasteiger partial charge is 0.399 e. The smallest absolute Gasteiger partial charge is 0.273 e. The van der Waals surface area contributed by atoms with Crippen molar-refractivity contribution in [3.05, 3.63) is 70.5 Å². The minimum absolute atomic E-state index is 0.0654. The Morgan fingerprint density at radius 2 is 1.68 bits per heavy atom. The van der Waals surface area contributed by atoms with Gasteiger partial charge in [-0.1, -0.05) is 39.7 Å². The predicted octanol–water partition coefficient (Wildman–Crippen LogP) is 3.17. The molecular formula is C22H25FN4O4. The van der Waals surface area contributed by atoms with E-state index in [4.69, 9.17) is 14.5 Å². The van der Waals surface area contributed by atoms with Crippen LogP contribution in [0.25, 0.3) is 0 Å². The summed E-state index contributed by atoms with van der Waals surface area (Å²) in [7, 11) is 4.29. The maximum absolute atomic E-state index is 13.5. The molecule has 0 heterocycles. The molecular weight excluding hydrogens is 403 g/mol. The highest BCUT2D eigenvalue weighted by molar-refractivity contribution is 6.47. The van der Waals surface area contributed by atoms with Crippen molar-refractivity contribution in [2.45, 2.75) is 20.5 Å². The van der Waals surface area contributed by atoms with E-state index < -0.39 is 5.91 Å². The van der Waals surface area contributed by atoms with Gasteiger partial charge in [-0.05, 0) is 37.6 Å². The molecule has 0 fully saturated rings. The lowest BCUT2D eigenvalue weighted by Gasteiger charge is -2.11. The Balaban J connectivity index is 2.28. The van der Waals surface area contributed by atoms with Crippen molar-refractivity contribution >= 4 is 23.0 Å². The fourth-order valence-corrected chi connectivity index (χ4v) is 2.84. The summed E-state index contributed by atoms with van der Waals surface area (Å²) in [6.45, 7) is 3.54. The van der Waals surface area contributed by atoms with Crippen molar-refractivity contribution in [3.63, 3.8) is 0 Å². The van der Waals surface area contributed by atoms with Crippen LogP contribution in [-0.2, 0) is 25.9 Å². The predicted molar refractivity (Wildman–Crippen MR) is 117 cm³/mol. The molecule has 0 saturated carbocycles. The molecule has 9 heteroatoms. The van der Waals surface area contributed by atoms with E-state index in [1.807, 2.05) is 6.07 Å². The van der Waals surface area contributed by atoms with Crippen LogP contribution in [0.5, 0.6) is 0 Å². The van der Waals surface area contributed by atoms with Gasteiger partial charge in [-0.3, -0.25) is 4.79 Å². The van der Waals surface area contributed by atoms with Crippen LogP contribution in [0.2, 0.25) is 0 Å². The molecule has 0 aliphatic rings. The standard InChI is InChI=1S/C22H25FN4O4/c1-14-12-17(23)10-11-18(14)20(26-29-4)15(2)25-31-13-16-8-6-7-9-19(16)21(27-30-5)22(28)24-3/h6-12H,13H2,1-5H3,(H,24,28). The van der Waals surface area contributed by atoms with Gasteiger partial charge in [-0.2, -0.15) is 0 Å². The topological polar surface area (TPSA) is 93.9 Å². The van der Waals surface area contributed by atoms with Gasteiger partial charge in [0.05, 0.1) is 0 Å². The van der Waals surface area contributed by atoms with Gasteiger partial charge in [0.1, 0.15) is 38.1 Å². The number of halogens is 1. The van der Waals surface area contributed by atoms with Crippen molar-refractivity contribution in [2.24, 2.45) is 15.5 Å². The highest BCUT2D eigenvalue weighted by atomic mass is 19.1. The third-order valence-electron chi connectivity index (χ3n) is 4.29. The number of benzene rings is 2. The van der Waals surface area contributed by atoms with Crippen LogP contribution in [0.3, 0.4) is 0 Å². The molecule has 0 unspecified atom stereocenters. The zero-order chi connectivity index (χ0) is 22.8. The molecule has 0 atom stereocenters. The number of hydrogen-bond acceptors (Lipinski definition) is 7. The Bertz CT molecular complexity index is 1020. The second-order valence-electron chi connectivity index (χ2n) is 6.39. The molecule has 164 valence electrons. The highest BCUT2D eigenvalue weighted by Crippen LogP contribution is 2.15. The van der Waals surface area contributed by atoms with Gasteiger partial charge in [0.25, 0.3) is 5.91 Å². The Kier molecular flexibility index (Phi) is 8.68. The zero-order valence-corrected chi connectivity index (χ0v) is 18.1. The van der Waals surface area contributed by atoms with Gasteiger partial charge >= 0.3 is 0 Å². The van der Waals surface area contributed by atoms with E-state index in [1.54, 1.807) is 38.1 Å². The molecule has 1 N–H and O–H groups in total. The molecule has 0 saturated heterocycles. The fourth-order valence-electron chi connectivity index (χ4n) is 2.84. The number of rotatable bonds is 9. The van der Waals surface area contributed by atoms with Gasteiger partial charge in [0, 0.05) is 23.7 Å². The van der Waals surface area contributed by atoms with Crippen LogP contribution in [0.15, 0.2) is 57.9 Å². The Labute approximate surface area is 180 Å². The van der Waals surface area contributed by atoms with Crippen LogP contribution in [-0.4, -0.2) is 44.3 Å². The summed E-state index contributed by atoms with van der Waals surface area (Å²) in [6, 6.07) is 11.5. The number of nitrogens with one attached hydrogen (secondary N) is 1. The van der Waals surface area contributed by atoms with Crippen molar-refractivity contribution in [1.82, 2.24) is 5.32 Å². The SMILES string of the molecule is CNC(=O)C(=NOC)c1ccccc1CON=C(C)C(=NOC)c1ccc(F)cc1C. The van der Waals surface area contributed by atoms with E-state index in [1.165, 1.54) is 33.4 Å². The van der Waals surface area contributed by atoms with Gasteiger partial charge in [0.15, 0.2) is 5.71 Å². The molecule has 0 aliphatic heterocycles. The summed E-state index contributed by atoms with van der Waals surface area (Å²) in [5.41, 5.74) is 3.56. The van der Waals surface area contributed by atoms with Crippen molar-refractivity contribution in [2.75, 3.05) is 21.3 Å². The van der Waals surface area contributed by atoms with E-state index in [0.717, 1.165) is 0 Å². The van der Waals surface area contributed by atoms with Crippen LogP contribution >= 0.6 is 0 Å². The number of aryl methyl sites for hydroxylation is 1. The van der Waals surface area contributed by atoms with Crippen LogP contribution in [0, 0.1) is 12.7 Å². The van der Waals surface area contributed by atoms with E-state index >= 15 is 0 Å². The maximum Gasteiger partial charge on any atom is 0.273 e. The first-order chi connectivity index (χ1) is 14.9. The quantitative estimate of drug-likeness (QED) is 0.490. The minimum atomic E-state index is -0.393. The molecule has 0 bridgehead atoms. The molecule has 0 radical (unpaired) electrons. The lowest BCUT2D eigenvalue weighted by atomic mass is 10.0. The molecule has 2 aromatic carbocycles. The molecule has 2 aromatic rings. The molecule has 0 aromatic heterocycles. The molecule has 0 aliphatic carbocycles. The first kappa shape index (κ1) is 23.5. The molecule has 1 amide bonds. The summed E-state index contributed by atoms with van der Waals surface area (Å²) in [5, 5.41) is 14.5. The van der Waals surface area contributed by atoms with Gasteiger partial charge in [-0.15, -0.1) is 0 Å². The van der Waals surface area contributed by atoms with E-state index in [-0.39, 0.29) is 18.1 Å². The van der Waals surface area contributed by atoms with Crippen molar-refractivity contribution < 1.29 is 23.7 Å². The van der Waals surface area contributed by atoms with Gasteiger partial charge in [0.2, 0.25) is 0 Å². The van der Waals surface area contributed by atoms with Crippen LogP contribution in [0.1, 0.15) is 29.2 Å². The molecule has 2 rings (SSSR count). The third kappa shape index (κ3) is 6.11. The number of carbonyl (C=O) groups excluding carboxylic acids is 1. The number of oxime groups is 3. The summed E-state index contributed by atoms with van der Waals surface area (Å²) in [5.74, 6) is -0.736. The number of carbonyl (C=O) groups is 1. The number of amides is 1. The average Bonchev–Trinajstić information content (AvgIpc) is 2.76. The lowest BCUT2D eigenvalue weighted by molar-refractivity contribution is -0.114. The zero-order valence-electron chi connectivity index (χ0n) is 18.1. The van der Waals surface area contributed by atoms with E-state index in [2.05, 4.69) is 20.8 Å². The fraction of sp³-hybridized carbons (Fsp3) is 0.273. The second kappa shape index (κ2) is 11.4. The average molecular weight is 428 g/mol. The van der Waals surface area contributed by atoms with Crippen LogP contribution < -0.4 is 5.32 Å². The summed E-state index contributed by atoms with van der Waals surface area (Å²) in [6.07, 6.45) is 0. The van der Waals surface area contributed by atoms with E-state index in [9.17, 15) is 9.18 Å². The maximum atomic E-state index is 13.5. The Hall–Kier alpha value is -3.75. The highest BCUT2D eigenvalue weighted by Gasteiger charge is 2.18. The Morgan fingerprint density at radius 1 is 1.00 bits per heavy atom. The van der Waals surface area contributed by atoms with E-state index in [0.29, 0.717) is 33.7 Å². The van der Waals surface area contributed by atoms with Gasteiger partial charge < -0.3 is 19.8 Å². The molecule has 8 nitrogen and oxygen atoms in total. The summed E-state index contributed by atoms with van der Waals surface area (Å²) >= 11 is 0. The van der Waals surface area contributed by atoms with Crippen molar-refractivity contribution in [1.29, 1.82) is 0 Å². The van der Waals surface area contributed by atoms with Crippen LogP contribution in [0.4, 0.5) is 4.39 Å². The number of likely N-dealkylation sites (N-methyl/N-ethyl adjacent to an activating group) is 1. The normalized spacial score (nSPS) is 12.4. The first-order valence-corrected chi connectivity index (χ1v) is 9.39. The summed E-state index contributed by atoms with van der Waals surface area (Å²) < 4.78 is 13.5. The molecule has 0 spiro atoms. The second-order valence-corrected chi connectivity index (χ2v) is 6.39.